The first-order valence-corrected chi connectivity index (χ1v) is 15.6. The summed E-state index contributed by atoms with van der Waals surface area (Å²) in [4.78, 5) is 48.2. The van der Waals surface area contributed by atoms with Gasteiger partial charge in [0.25, 0.3) is 0 Å². The van der Waals surface area contributed by atoms with E-state index in [1.807, 2.05) is 14.7 Å². The number of fused-ring (bicyclic) bond motifs is 1. The molecule has 214 valence electrons. The monoisotopic (exact) mass is 547 g/mol. The van der Waals surface area contributed by atoms with Crippen LogP contribution in [0.2, 0.25) is 0 Å². The predicted octanol–water partition coefficient (Wildman–Crippen LogP) is 4.12. The van der Waals surface area contributed by atoms with Crippen LogP contribution >= 0.6 is 11.8 Å². The van der Waals surface area contributed by atoms with Crippen LogP contribution in [0.5, 0.6) is 0 Å². The quantitative estimate of drug-likeness (QED) is 0.219. The van der Waals surface area contributed by atoms with Crippen LogP contribution in [0.15, 0.2) is 25.3 Å². The Kier molecular flexibility index (Phi) is 11.3. The van der Waals surface area contributed by atoms with E-state index in [0.29, 0.717) is 39.1 Å². The molecule has 6 atom stereocenters. The van der Waals surface area contributed by atoms with Crippen LogP contribution in [0.3, 0.4) is 0 Å². The summed E-state index contributed by atoms with van der Waals surface area (Å²) in [5.74, 6) is -0.715. The fraction of sp³-hybridized carbons (Fsp3) is 0.767. The number of likely N-dealkylation sites (tertiary alicyclic amines) is 1. The van der Waals surface area contributed by atoms with E-state index < -0.39 is 22.6 Å². The molecule has 3 unspecified atom stereocenters. The Morgan fingerprint density at radius 2 is 1.71 bits per heavy atom. The van der Waals surface area contributed by atoms with Crippen molar-refractivity contribution in [3.63, 3.8) is 0 Å². The van der Waals surface area contributed by atoms with E-state index in [0.717, 1.165) is 44.9 Å². The van der Waals surface area contributed by atoms with Gasteiger partial charge in [-0.15, -0.1) is 24.9 Å². The van der Waals surface area contributed by atoms with E-state index in [4.69, 9.17) is 0 Å². The second-order valence-corrected chi connectivity index (χ2v) is 12.8. The number of carbonyl (C=O) groups excluding carboxylic acids is 3. The fourth-order valence-electron chi connectivity index (χ4n) is 6.99. The Labute approximate surface area is 234 Å². The summed E-state index contributed by atoms with van der Waals surface area (Å²) in [5.41, 5.74) is 0. The maximum atomic E-state index is 14.4. The van der Waals surface area contributed by atoms with Gasteiger partial charge in [0.1, 0.15) is 6.04 Å². The van der Waals surface area contributed by atoms with Crippen LogP contribution in [0.25, 0.3) is 0 Å². The van der Waals surface area contributed by atoms with Gasteiger partial charge in [-0.3, -0.25) is 14.4 Å². The number of hydrogen-bond acceptors (Lipinski definition) is 5. The van der Waals surface area contributed by atoms with E-state index in [9.17, 15) is 19.5 Å². The first-order chi connectivity index (χ1) is 18.3. The Morgan fingerprint density at radius 3 is 2.32 bits per heavy atom. The lowest BCUT2D eigenvalue weighted by atomic mass is 9.65. The standard InChI is InChI=1S/C30H49N3O4S/c1-6-10-12-18-32(17-9-4)29(37)26-30-22(5)21-23(38-30)24(27(35)31(15-7-2)16-8-3)25(30)28(36)33(26)19-13-11-14-20-34/h7,9,22-26,34H,2,4,6,8,10-21H2,1,3,5H3/t22?,23-,24+,25-,26?,30?/m0/s1. The van der Waals surface area contributed by atoms with E-state index in [1.165, 1.54) is 0 Å². The molecule has 2 bridgehead atoms. The molecule has 8 heteroatoms. The van der Waals surface area contributed by atoms with Crippen molar-refractivity contribution in [1.29, 1.82) is 0 Å². The fourth-order valence-corrected chi connectivity index (χ4v) is 9.40. The summed E-state index contributed by atoms with van der Waals surface area (Å²) in [6.07, 6.45) is 10.5. The second-order valence-electron chi connectivity index (χ2n) is 11.2. The number of carbonyl (C=O) groups is 3. The summed E-state index contributed by atoms with van der Waals surface area (Å²) >= 11 is 1.75. The van der Waals surface area contributed by atoms with Crippen LogP contribution in [0.1, 0.15) is 72.1 Å². The zero-order chi connectivity index (χ0) is 27.9. The van der Waals surface area contributed by atoms with Crippen LogP contribution in [0.4, 0.5) is 0 Å². The molecule has 1 N–H and O–H groups in total. The van der Waals surface area contributed by atoms with Crippen molar-refractivity contribution in [1.82, 2.24) is 14.7 Å². The number of thioether (sulfide) groups is 1. The van der Waals surface area contributed by atoms with E-state index >= 15 is 0 Å². The molecule has 3 aliphatic rings. The third kappa shape index (κ3) is 5.72. The number of rotatable bonds is 17. The van der Waals surface area contributed by atoms with Gasteiger partial charge < -0.3 is 19.8 Å². The summed E-state index contributed by atoms with van der Waals surface area (Å²) in [7, 11) is 0. The molecule has 0 aromatic carbocycles. The van der Waals surface area contributed by atoms with Gasteiger partial charge in [0, 0.05) is 44.6 Å². The molecule has 3 aliphatic heterocycles. The highest BCUT2D eigenvalue weighted by atomic mass is 32.2. The van der Waals surface area contributed by atoms with Gasteiger partial charge in [-0.05, 0) is 44.4 Å². The number of aliphatic hydroxyl groups excluding tert-OH is 1. The summed E-state index contributed by atoms with van der Waals surface area (Å²) in [6.45, 7) is 16.9. The van der Waals surface area contributed by atoms with Crippen molar-refractivity contribution >= 4 is 29.5 Å². The molecule has 3 saturated heterocycles. The van der Waals surface area contributed by atoms with Crippen LogP contribution in [0, 0.1) is 17.8 Å². The molecule has 3 heterocycles. The van der Waals surface area contributed by atoms with Gasteiger partial charge >= 0.3 is 0 Å². The Morgan fingerprint density at radius 1 is 1.03 bits per heavy atom. The van der Waals surface area contributed by atoms with Crippen molar-refractivity contribution in [2.24, 2.45) is 17.8 Å². The van der Waals surface area contributed by atoms with E-state index in [1.54, 1.807) is 23.9 Å². The minimum Gasteiger partial charge on any atom is -0.396 e. The van der Waals surface area contributed by atoms with Gasteiger partial charge in [0.15, 0.2) is 0 Å². The molecule has 3 fully saturated rings. The maximum absolute atomic E-state index is 14.4. The van der Waals surface area contributed by atoms with Crippen molar-refractivity contribution < 1.29 is 19.5 Å². The lowest BCUT2D eigenvalue weighted by Gasteiger charge is -2.41. The summed E-state index contributed by atoms with van der Waals surface area (Å²) < 4.78 is -0.591. The molecule has 0 aliphatic carbocycles. The predicted molar refractivity (Wildman–Crippen MR) is 155 cm³/mol. The molecular formula is C30H49N3O4S. The average molecular weight is 548 g/mol. The van der Waals surface area contributed by atoms with Gasteiger partial charge in [-0.1, -0.05) is 45.8 Å². The van der Waals surface area contributed by atoms with Crippen molar-refractivity contribution in [3.8, 4) is 0 Å². The molecule has 1 spiro atoms. The number of nitrogens with zero attached hydrogens (tertiary/aromatic N) is 3. The molecule has 3 rings (SSSR count). The van der Waals surface area contributed by atoms with Crippen LogP contribution < -0.4 is 0 Å². The van der Waals surface area contributed by atoms with Gasteiger partial charge in [-0.25, -0.2) is 0 Å². The number of aliphatic hydroxyl groups is 1. The summed E-state index contributed by atoms with van der Waals surface area (Å²) in [6, 6.07) is -0.572. The first-order valence-electron chi connectivity index (χ1n) is 14.7. The molecular weight excluding hydrogens is 498 g/mol. The second kappa shape index (κ2) is 14.0. The van der Waals surface area contributed by atoms with Crippen molar-refractivity contribution in [3.05, 3.63) is 25.3 Å². The number of unbranched alkanes of at least 4 members (excludes halogenated alkanes) is 4. The maximum Gasteiger partial charge on any atom is 0.247 e. The van der Waals surface area contributed by atoms with Crippen LogP contribution in [-0.4, -0.2) is 92.9 Å². The third-order valence-corrected chi connectivity index (χ3v) is 10.7. The smallest absolute Gasteiger partial charge is 0.247 e. The van der Waals surface area contributed by atoms with Crippen molar-refractivity contribution in [2.75, 3.05) is 39.3 Å². The van der Waals surface area contributed by atoms with Crippen molar-refractivity contribution in [2.45, 2.75) is 88.2 Å². The SMILES string of the molecule is C=CCN(CCCCC)C(=O)C1N(CCCCCO)C(=O)[C@@H]2[C@H](C(=O)N(CC=C)CCC)[C@@H]3CC(C)C12S3. The summed E-state index contributed by atoms with van der Waals surface area (Å²) in [5, 5.41) is 9.32. The molecule has 0 aromatic heterocycles. The van der Waals surface area contributed by atoms with Gasteiger partial charge in [0.2, 0.25) is 17.7 Å². The molecule has 0 aromatic rings. The van der Waals surface area contributed by atoms with Gasteiger partial charge in [0.05, 0.1) is 16.6 Å². The van der Waals surface area contributed by atoms with Crippen LogP contribution in [-0.2, 0) is 14.4 Å². The van der Waals surface area contributed by atoms with E-state index in [2.05, 4.69) is 33.9 Å². The van der Waals surface area contributed by atoms with E-state index in [-0.39, 0.29) is 35.5 Å². The van der Waals surface area contributed by atoms with Gasteiger partial charge in [-0.2, -0.15) is 0 Å². The lowest BCUT2D eigenvalue weighted by molar-refractivity contribution is -0.144. The Bertz CT molecular complexity index is 866. The largest absolute Gasteiger partial charge is 0.396 e. The molecule has 0 saturated carbocycles. The number of amides is 3. The molecule has 3 amide bonds. The highest BCUT2D eigenvalue weighted by molar-refractivity contribution is 8.02. The third-order valence-electron chi connectivity index (χ3n) is 8.67. The minimum atomic E-state index is -0.591. The highest BCUT2D eigenvalue weighted by Gasteiger charge is 2.76. The molecule has 0 radical (unpaired) electrons. The number of hydrogen-bond donors (Lipinski definition) is 1. The Hall–Kier alpha value is -1.80. The zero-order valence-corrected chi connectivity index (χ0v) is 24.6. The normalized spacial score (nSPS) is 29.4. The Balaban J connectivity index is 2.01. The highest BCUT2D eigenvalue weighted by Crippen LogP contribution is 2.68. The first kappa shape index (κ1) is 30.7. The molecule has 7 nitrogen and oxygen atoms in total. The topological polar surface area (TPSA) is 81.2 Å². The lowest BCUT2D eigenvalue weighted by Crippen LogP contribution is -2.57. The minimum absolute atomic E-state index is 0.00335. The average Bonchev–Trinajstić information content (AvgIpc) is 3.49. The zero-order valence-electron chi connectivity index (χ0n) is 23.8. The molecule has 38 heavy (non-hydrogen) atoms.